The van der Waals surface area contributed by atoms with Crippen molar-refractivity contribution in [1.82, 2.24) is 5.32 Å². The number of aromatic carboxylic acids is 1. The van der Waals surface area contributed by atoms with Crippen LogP contribution < -0.4 is 16.4 Å². The third-order valence-electron chi connectivity index (χ3n) is 1.95. The van der Waals surface area contributed by atoms with Gasteiger partial charge in [0.05, 0.1) is 27.8 Å². The molecule has 5 N–H and O–H groups in total. The first-order chi connectivity index (χ1) is 8.81. The first-order valence-corrected chi connectivity index (χ1v) is 5.62. The van der Waals surface area contributed by atoms with Crippen LogP contribution in [0.25, 0.3) is 0 Å². The number of hydrogen-bond acceptors (Lipinski definition) is 3. The molecule has 0 unspecified atom stereocenters. The topological polar surface area (TPSA) is 122 Å². The number of benzene rings is 1. The van der Waals surface area contributed by atoms with Crippen molar-refractivity contribution in [1.29, 1.82) is 0 Å². The zero-order chi connectivity index (χ0) is 14.6. The van der Waals surface area contributed by atoms with E-state index in [9.17, 15) is 14.4 Å². The number of halogens is 2. The molecule has 9 heteroatoms. The number of nitrogens with two attached hydrogens (primary N) is 1. The standard InChI is InChI=1S/C10H9Cl2N3O4/c11-5-1-4(9(17)18)2-6(12)8(5)15-10(19)14-3-7(13)16/h1-2H,3H2,(H2,13,16)(H,17,18)(H2,14,15,19). The molecule has 3 amide bonds. The van der Waals surface area contributed by atoms with Crippen LogP contribution in [0.3, 0.4) is 0 Å². The summed E-state index contributed by atoms with van der Waals surface area (Å²) in [5, 5.41) is 13.1. The van der Waals surface area contributed by atoms with E-state index in [1.165, 1.54) is 0 Å². The number of primary amides is 1. The van der Waals surface area contributed by atoms with E-state index < -0.39 is 17.9 Å². The molecule has 0 fully saturated rings. The van der Waals surface area contributed by atoms with Gasteiger partial charge in [0, 0.05) is 0 Å². The van der Waals surface area contributed by atoms with Crippen molar-refractivity contribution in [3.05, 3.63) is 27.7 Å². The van der Waals surface area contributed by atoms with Crippen molar-refractivity contribution < 1.29 is 19.5 Å². The zero-order valence-electron chi connectivity index (χ0n) is 9.37. The molecule has 0 aliphatic rings. The molecule has 7 nitrogen and oxygen atoms in total. The maximum Gasteiger partial charge on any atom is 0.335 e. The molecular formula is C10H9Cl2N3O4. The van der Waals surface area contributed by atoms with Crippen LogP contribution in [0, 0.1) is 0 Å². The molecule has 0 aromatic heterocycles. The first kappa shape index (κ1) is 15.1. The number of carboxylic acid groups (broad SMARTS) is 1. The van der Waals surface area contributed by atoms with E-state index in [1.807, 2.05) is 0 Å². The zero-order valence-corrected chi connectivity index (χ0v) is 10.9. The molecule has 102 valence electrons. The van der Waals surface area contributed by atoms with Crippen molar-refractivity contribution in [2.24, 2.45) is 5.73 Å². The summed E-state index contributed by atoms with van der Waals surface area (Å²) < 4.78 is 0. The van der Waals surface area contributed by atoms with Gasteiger partial charge in [-0.3, -0.25) is 4.79 Å². The highest BCUT2D eigenvalue weighted by molar-refractivity contribution is 6.40. The highest BCUT2D eigenvalue weighted by Gasteiger charge is 2.14. The third kappa shape index (κ3) is 4.31. The van der Waals surface area contributed by atoms with Gasteiger partial charge in [0.2, 0.25) is 5.91 Å². The number of rotatable bonds is 4. The lowest BCUT2D eigenvalue weighted by atomic mass is 10.2. The lowest BCUT2D eigenvalue weighted by molar-refractivity contribution is -0.117. The second-order valence-electron chi connectivity index (χ2n) is 3.39. The van der Waals surface area contributed by atoms with Gasteiger partial charge in [0.1, 0.15) is 0 Å². The number of amides is 3. The Morgan fingerprint density at radius 3 is 2.16 bits per heavy atom. The summed E-state index contributed by atoms with van der Waals surface area (Å²) in [6.07, 6.45) is 0. The number of nitrogens with one attached hydrogen (secondary N) is 2. The summed E-state index contributed by atoms with van der Waals surface area (Å²) in [5.74, 6) is -1.91. The predicted octanol–water partition coefficient (Wildman–Crippen LogP) is 1.30. The summed E-state index contributed by atoms with van der Waals surface area (Å²) in [4.78, 5) is 32.6. The molecule has 1 aromatic carbocycles. The largest absolute Gasteiger partial charge is 0.478 e. The molecular weight excluding hydrogens is 297 g/mol. The van der Waals surface area contributed by atoms with E-state index in [-0.39, 0.29) is 27.8 Å². The number of urea groups is 1. The smallest absolute Gasteiger partial charge is 0.335 e. The van der Waals surface area contributed by atoms with Gasteiger partial charge in [-0.25, -0.2) is 9.59 Å². The van der Waals surface area contributed by atoms with E-state index in [2.05, 4.69) is 10.6 Å². The van der Waals surface area contributed by atoms with Gasteiger partial charge in [-0.15, -0.1) is 0 Å². The van der Waals surface area contributed by atoms with Crippen LogP contribution in [0.4, 0.5) is 10.5 Å². The number of anilines is 1. The number of carbonyl (C=O) groups is 3. The molecule has 0 saturated heterocycles. The molecule has 0 heterocycles. The number of carbonyl (C=O) groups excluding carboxylic acids is 2. The van der Waals surface area contributed by atoms with Gasteiger partial charge in [-0.05, 0) is 12.1 Å². The summed E-state index contributed by atoms with van der Waals surface area (Å²) in [6, 6.07) is 1.53. The van der Waals surface area contributed by atoms with Crippen LogP contribution >= 0.6 is 23.2 Å². The third-order valence-corrected chi connectivity index (χ3v) is 2.55. The Labute approximate surface area is 117 Å². The fraction of sp³-hybridized carbons (Fsp3) is 0.100. The Bertz CT molecular complexity index is 525. The molecule has 0 atom stereocenters. The Morgan fingerprint density at radius 2 is 1.74 bits per heavy atom. The van der Waals surface area contributed by atoms with Crippen molar-refractivity contribution >= 4 is 46.8 Å². The van der Waals surface area contributed by atoms with Crippen LogP contribution in [0.2, 0.25) is 10.0 Å². The molecule has 0 aliphatic carbocycles. The van der Waals surface area contributed by atoms with Crippen molar-refractivity contribution in [3.63, 3.8) is 0 Å². The Balaban J connectivity index is 2.87. The molecule has 1 aromatic rings. The van der Waals surface area contributed by atoms with E-state index >= 15 is 0 Å². The predicted molar refractivity (Wildman–Crippen MR) is 69.6 cm³/mol. The molecule has 0 saturated carbocycles. The first-order valence-electron chi connectivity index (χ1n) is 4.86. The van der Waals surface area contributed by atoms with E-state index in [1.54, 1.807) is 0 Å². The van der Waals surface area contributed by atoms with Gasteiger partial charge in [0.15, 0.2) is 0 Å². The maximum absolute atomic E-state index is 11.4. The van der Waals surface area contributed by atoms with Crippen LogP contribution in [0.5, 0.6) is 0 Å². The van der Waals surface area contributed by atoms with Gasteiger partial charge in [0.25, 0.3) is 0 Å². The minimum Gasteiger partial charge on any atom is -0.478 e. The van der Waals surface area contributed by atoms with Crippen molar-refractivity contribution in [2.45, 2.75) is 0 Å². The van der Waals surface area contributed by atoms with Crippen LogP contribution in [-0.4, -0.2) is 29.6 Å². The lowest BCUT2D eigenvalue weighted by Crippen LogP contribution is -2.36. The SMILES string of the molecule is NC(=O)CNC(=O)Nc1c(Cl)cc(C(=O)O)cc1Cl. The lowest BCUT2D eigenvalue weighted by Gasteiger charge is -2.10. The second kappa shape index (κ2) is 6.26. The number of carboxylic acids is 1. The number of hydrogen-bond donors (Lipinski definition) is 4. The van der Waals surface area contributed by atoms with E-state index in [0.29, 0.717) is 0 Å². The van der Waals surface area contributed by atoms with Crippen LogP contribution in [0.1, 0.15) is 10.4 Å². The molecule has 0 spiro atoms. The highest BCUT2D eigenvalue weighted by atomic mass is 35.5. The fourth-order valence-electron chi connectivity index (χ4n) is 1.14. The van der Waals surface area contributed by atoms with Gasteiger partial charge in [-0.2, -0.15) is 0 Å². The fourth-order valence-corrected chi connectivity index (χ4v) is 1.72. The summed E-state index contributed by atoms with van der Waals surface area (Å²) in [6.45, 7) is -0.353. The molecule has 1 rings (SSSR count). The van der Waals surface area contributed by atoms with Crippen molar-refractivity contribution in [3.8, 4) is 0 Å². The minimum absolute atomic E-state index is 0.0373. The van der Waals surface area contributed by atoms with E-state index in [0.717, 1.165) is 12.1 Å². The normalized spacial score (nSPS) is 9.79. The summed E-state index contributed by atoms with van der Waals surface area (Å²) in [5.41, 5.74) is 4.77. The summed E-state index contributed by atoms with van der Waals surface area (Å²) >= 11 is 11.6. The monoisotopic (exact) mass is 305 g/mol. The molecule has 19 heavy (non-hydrogen) atoms. The van der Waals surface area contributed by atoms with Crippen molar-refractivity contribution in [2.75, 3.05) is 11.9 Å². The quantitative estimate of drug-likeness (QED) is 0.669. The summed E-state index contributed by atoms with van der Waals surface area (Å²) in [7, 11) is 0. The Morgan fingerprint density at radius 1 is 1.21 bits per heavy atom. The molecule has 0 radical (unpaired) electrons. The molecule has 0 aliphatic heterocycles. The maximum atomic E-state index is 11.4. The van der Waals surface area contributed by atoms with Crippen LogP contribution in [0.15, 0.2) is 12.1 Å². The Kier molecular flexibility index (Phi) is 4.96. The average Bonchev–Trinajstić information content (AvgIpc) is 2.30. The van der Waals surface area contributed by atoms with E-state index in [4.69, 9.17) is 34.0 Å². The van der Waals surface area contributed by atoms with Gasteiger partial charge < -0.3 is 21.5 Å². The highest BCUT2D eigenvalue weighted by Crippen LogP contribution is 2.31. The average molecular weight is 306 g/mol. The van der Waals surface area contributed by atoms with Crippen LogP contribution in [-0.2, 0) is 4.79 Å². The minimum atomic E-state index is -1.20. The van der Waals surface area contributed by atoms with Gasteiger partial charge >= 0.3 is 12.0 Å². The van der Waals surface area contributed by atoms with Gasteiger partial charge in [-0.1, -0.05) is 23.2 Å². The Hall–Kier alpha value is -1.99. The molecule has 0 bridgehead atoms. The second-order valence-corrected chi connectivity index (χ2v) is 4.21.